The van der Waals surface area contributed by atoms with Crippen molar-refractivity contribution in [2.75, 3.05) is 29.9 Å². The summed E-state index contributed by atoms with van der Waals surface area (Å²) in [6.07, 6.45) is 5.92. The molecule has 3 rings (SSSR count). The van der Waals surface area contributed by atoms with Crippen LogP contribution in [0.25, 0.3) is 0 Å². The van der Waals surface area contributed by atoms with Gasteiger partial charge < -0.3 is 10.2 Å². The van der Waals surface area contributed by atoms with Crippen molar-refractivity contribution in [2.24, 2.45) is 5.92 Å². The summed E-state index contributed by atoms with van der Waals surface area (Å²) in [6, 6.07) is 4.14. The fourth-order valence-corrected chi connectivity index (χ4v) is 2.18. The molecule has 0 amide bonds. The minimum absolute atomic E-state index is 0.929. The quantitative estimate of drug-likeness (QED) is 0.798. The fourth-order valence-electron chi connectivity index (χ4n) is 2.18. The number of hydrogen-bond acceptors (Lipinski definition) is 3. The Morgan fingerprint density at radius 2 is 2.40 bits per heavy atom. The molecule has 1 fully saturated rings. The van der Waals surface area contributed by atoms with Gasteiger partial charge in [0.25, 0.3) is 0 Å². The van der Waals surface area contributed by atoms with Crippen molar-refractivity contribution in [1.29, 1.82) is 0 Å². The van der Waals surface area contributed by atoms with Crippen molar-refractivity contribution in [1.82, 2.24) is 4.98 Å². The molecule has 1 saturated carbocycles. The second kappa shape index (κ2) is 3.72. The second-order valence-electron chi connectivity index (χ2n) is 4.54. The molecule has 3 nitrogen and oxygen atoms in total. The molecule has 1 aromatic rings. The maximum absolute atomic E-state index is 4.50. The Bertz CT molecular complexity index is 346. The summed E-state index contributed by atoms with van der Waals surface area (Å²) in [5.41, 5.74) is 1.20. The van der Waals surface area contributed by atoms with Crippen LogP contribution in [-0.4, -0.2) is 24.6 Å². The van der Waals surface area contributed by atoms with E-state index in [1.807, 2.05) is 12.3 Å². The van der Waals surface area contributed by atoms with E-state index in [0.29, 0.717) is 0 Å². The number of hydrogen-bond donors (Lipinski definition) is 1. The van der Waals surface area contributed by atoms with Gasteiger partial charge >= 0.3 is 0 Å². The molecule has 1 aliphatic heterocycles. The van der Waals surface area contributed by atoms with Crippen molar-refractivity contribution in [3.05, 3.63) is 18.3 Å². The van der Waals surface area contributed by atoms with Crippen LogP contribution in [0.3, 0.4) is 0 Å². The van der Waals surface area contributed by atoms with E-state index in [4.69, 9.17) is 0 Å². The molecule has 1 N–H and O–H groups in total. The van der Waals surface area contributed by atoms with Gasteiger partial charge in [0.05, 0.1) is 5.69 Å². The maximum atomic E-state index is 4.50. The normalized spacial score (nSPS) is 20.4. The summed E-state index contributed by atoms with van der Waals surface area (Å²) in [4.78, 5) is 6.96. The largest absolute Gasteiger partial charge is 0.382 e. The molecule has 0 radical (unpaired) electrons. The minimum Gasteiger partial charge on any atom is -0.382 e. The number of aromatic nitrogens is 1. The van der Waals surface area contributed by atoms with Crippen molar-refractivity contribution in [3.63, 3.8) is 0 Å². The summed E-state index contributed by atoms with van der Waals surface area (Å²) in [7, 11) is 0. The lowest BCUT2D eigenvalue weighted by molar-refractivity contribution is 0.701. The van der Waals surface area contributed by atoms with Gasteiger partial charge in [0.1, 0.15) is 0 Å². The zero-order chi connectivity index (χ0) is 10.1. The smallest absolute Gasteiger partial charge is 0.151 e. The van der Waals surface area contributed by atoms with E-state index in [2.05, 4.69) is 21.3 Å². The average Bonchev–Trinajstić information content (AvgIpc) is 3.07. The van der Waals surface area contributed by atoms with Gasteiger partial charge in [0.15, 0.2) is 5.82 Å². The lowest BCUT2D eigenvalue weighted by Crippen LogP contribution is -2.27. The van der Waals surface area contributed by atoms with Gasteiger partial charge in [-0.15, -0.1) is 0 Å². The van der Waals surface area contributed by atoms with E-state index < -0.39 is 0 Å². The van der Waals surface area contributed by atoms with Gasteiger partial charge in [0, 0.05) is 25.8 Å². The Morgan fingerprint density at radius 1 is 1.47 bits per heavy atom. The van der Waals surface area contributed by atoms with Gasteiger partial charge in [-0.1, -0.05) is 0 Å². The highest BCUT2D eigenvalue weighted by atomic mass is 15.2. The summed E-state index contributed by atoms with van der Waals surface area (Å²) in [5.74, 6) is 2.08. The third-order valence-electron chi connectivity index (χ3n) is 3.18. The molecule has 0 saturated heterocycles. The molecule has 1 aliphatic carbocycles. The predicted octanol–water partition coefficient (Wildman–Crippen LogP) is 2.11. The Balaban J connectivity index is 1.86. The molecule has 0 aromatic carbocycles. The molecule has 0 unspecified atom stereocenters. The lowest BCUT2D eigenvalue weighted by Gasteiger charge is -2.22. The van der Waals surface area contributed by atoms with Crippen LogP contribution < -0.4 is 10.2 Å². The molecule has 1 aromatic heterocycles. The Morgan fingerprint density at radius 3 is 3.27 bits per heavy atom. The summed E-state index contributed by atoms with van der Waals surface area (Å²) >= 11 is 0. The molecule has 0 atom stereocenters. The van der Waals surface area contributed by atoms with Gasteiger partial charge in [-0.2, -0.15) is 0 Å². The number of pyridine rings is 1. The first kappa shape index (κ1) is 9.01. The number of nitrogens with one attached hydrogen (secondary N) is 1. The zero-order valence-corrected chi connectivity index (χ0v) is 8.95. The first-order valence-electron chi connectivity index (χ1n) is 5.87. The highest BCUT2D eigenvalue weighted by Crippen LogP contribution is 2.33. The van der Waals surface area contributed by atoms with E-state index in [1.54, 1.807) is 0 Å². The summed E-state index contributed by atoms with van der Waals surface area (Å²) < 4.78 is 0. The van der Waals surface area contributed by atoms with E-state index in [-0.39, 0.29) is 0 Å². The number of fused-ring (bicyclic) bond motifs is 1. The molecule has 2 heterocycles. The molecule has 0 bridgehead atoms. The predicted molar refractivity (Wildman–Crippen MR) is 62.3 cm³/mol. The van der Waals surface area contributed by atoms with Crippen LogP contribution in [0.2, 0.25) is 0 Å². The van der Waals surface area contributed by atoms with Crippen LogP contribution in [-0.2, 0) is 0 Å². The molecule has 0 spiro atoms. The summed E-state index contributed by atoms with van der Waals surface area (Å²) in [5, 5.41) is 3.44. The van der Waals surface area contributed by atoms with Gasteiger partial charge in [-0.05, 0) is 37.3 Å². The van der Waals surface area contributed by atoms with Crippen LogP contribution >= 0.6 is 0 Å². The van der Waals surface area contributed by atoms with Crippen LogP contribution in [0.5, 0.6) is 0 Å². The maximum Gasteiger partial charge on any atom is 0.151 e. The topological polar surface area (TPSA) is 28.2 Å². The van der Waals surface area contributed by atoms with Crippen LogP contribution in [0, 0.1) is 5.92 Å². The van der Waals surface area contributed by atoms with E-state index in [9.17, 15) is 0 Å². The minimum atomic E-state index is 0.929. The SMILES string of the molecule is c1cnc2c(c1)NCCCN2CC1CC1. The molecule has 2 aliphatic rings. The molecule has 80 valence electrons. The zero-order valence-electron chi connectivity index (χ0n) is 8.95. The third kappa shape index (κ3) is 1.91. The van der Waals surface area contributed by atoms with Crippen molar-refractivity contribution in [2.45, 2.75) is 19.3 Å². The highest BCUT2D eigenvalue weighted by Gasteiger charge is 2.26. The molecular weight excluding hydrogens is 186 g/mol. The fraction of sp³-hybridized carbons (Fsp3) is 0.583. The molecular formula is C12H17N3. The first-order chi connectivity index (χ1) is 7.43. The Kier molecular flexibility index (Phi) is 2.24. The van der Waals surface area contributed by atoms with Crippen LogP contribution in [0.4, 0.5) is 11.5 Å². The van der Waals surface area contributed by atoms with E-state index in [1.165, 1.54) is 31.5 Å². The van der Waals surface area contributed by atoms with Crippen LogP contribution in [0.15, 0.2) is 18.3 Å². The average molecular weight is 203 g/mol. The highest BCUT2D eigenvalue weighted by molar-refractivity contribution is 5.66. The number of nitrogens with zero attached hydrogens (tertiary/aromatic N) is 2. The molecule has 15 heavy (non-hydrogen) atoms. The van der Waals surface area contributed by atoms with Crippen LogP contribution in [0.1, 0.15) is 19.3 Å². The Hall–Kier alpha value is -1.25. The number of anilines is 2. The third-order valence-corrected chi connectivity index (χ3v) is 3.18. The van der Waals surface area contributed by atoms with Gasteiger partial charge in [-0.3, -0.25) is 0 Å². The summed E-state index contributed by atoms with van der Waals surface area (Å²) in [6.45, 7) is 3.42. The van der Waals surface area contributed by atoms with E-state index >= 15 is 0 Å². The van der Waals surface area contributed by atoms with Crippen molar-refractivity contribution in [3.8, 4) is 0 Å². The standard InChI is InChI=1S/C12H17N3/c1-3-11-12(14-6-1)15(8-2-7-13-11)9-10-4-5-10/h1,3,6,10,13H,2,4-5,7-9H2. The van der Waals surface area contributed by atoms with Gasteiger partial charge in [-0.25, -0.2) is 4.98 Å². The Labute approximate surface area is 90.5 Å². The second-order valence-corrected chi connectivity index (χ2v) is 4.54. The lowest BCUT2D eigenvalue weighted by atomic mass is 10.3. The van der Waals surface area contributed by atoms with Crippen molar-refractivity contribution >= 4 is 11.5 Å². The number of rotatable bonds is 2. The van der Waals surface area contributed by atoms with Gasteiger partial charge in [0.2, 0.25) is 0 Å². The first-order valence-corrected chi connectivity index (χ1v) is 5.87. The van der Waals surface area contributed by atoms with E-state index in [0.717, 1.165) is 24.8 Å². The van der Waals surface area contributed by atoms with Crippen molar-refractivity contribution < 1.29 is 0 Å². The molecule has 3 heteroatoms. The monoisotopic (exact) mass is 203 g/mol.